The Balaban J connectivity index is 2.54. The summed E-state index contributed by atoms with van der Waals surface area (Å²) in [5.74, 6) is -1.07. The number of carbonyl (C=O) groups excluding carboxylic acids is 1. The van der Waals surface area contributed by atoms with Gasteiger partial charge in [0, 0.05) is 11.9 Å². The number of carboxylic acid groups (broad SMARTS) is 1. The van der Waals surface area contributed by atoms with E-state index < -0.39 is 17.9 Å². The predicted molar refractivity (Wildman–Crippen MR) is 62.2 cm³/mol. The highest BCUT2D eigenvalue weighted by molar-refractivity contribution is 6.30. The van der Waals surface area contributed by atoms with Crippen molar-refractivity contribution in [1.82, 2.24) is 5.32 Å². The average molecular weight is 258 g/mol. The van der Waals surface area contributed by atoms with Gasteiger partial charge in [0.1, 0.15) is 12.4 Å². The van der Waals surface area contributed by atoms with Crippen molar-refractivity contribution in [3.8, 4) is 5.75 Å². The van der Waals surface area contributed by atoms with Crippen LogP contribution in [0.4, 0.5) is 0 Å². The lowest BCUT2D eigenvalue weighted by Gasteiger charge is -2.14. The van der Waals surface area contributed by atoms with E-state index in [2.05, 4.69) is 5.32 Å². The van der Waals surface area contributed by atoms with Gasteiger partial charge in [0.2, 0.25) is 5.91 Å². The van der Waals surface area contributed by atoms with Crippen molar-refractivity contribution in [2.24, 2.45) is 0 Å². The number of aliphatic carboxylic acids is 1. The average Bonchev–Trinajstić information content (AvgIpc) is 2.25. The number of benzene rings is 1. The molecule has 1 unspecified atom stereocenters. The summed E-state index contributed by atoms with van der Waals surface area (Å²) >= 11 is 5.69. The summed E-state index contributed by atoms with van der Waals surface area (Å²) in [5.41, 5.74) is 0. The number of hydrogen-bond donors (Lipinski definition) is 2. The zero-order valence-corrected chi connectivity index (χ0v) is 9.90. The van der Waals surface area contributed by atoms with Gasteiger partial charge in [0.05, 0.1) is 0 Å². The lowest BCUT2D eigenvalue weighted by molar-refractivity contribution is -0.142. The maximum absolute atomic E-state index is 10.8. The fraction of sp³-hybridized carbons (Fsp3) is 0.273. The van der Waals surface area contributed by atoms with Gasteiger partial charge in [0.25, 0.3) is 0 Å². The van der Waals surface area contributed by atoms with Crippen molar-refractivity contribution in [3.05, 3.63) is 29.3 Å². The number of hydrogen-bond acceptors (Lipinski definition) is 3. The minimum absolute atomic E-state index is 0.142. The van der Waals surface area contributed by atoms with E-state index in [0.717, 1.165) is 0 Å². The van der Waals surface area contributed by atoms with Crippen LogP contribution in [-0.2, 0) is 9.59 Å². The van der Waals surface area contributed by atoms with Crippen LogP contribution < -0.4 is 10.1 Å². The number of nitrogens with one attached hydrogen (secondary N) is 1. The molecular weight excluding hydrogens is 246 g/mol. The van der Waals surface area contributed by atoms with Crippen molar-refractivity contribution in [2.45, 2.75) is 13.0 Å². The second-order valence-electron chi connectivity index (χ2n) is 3.36. The Labute approximate surface area is 103 Å². The van der Waals surface area contributed by atoms with E-state index in [-0.39, 0.29) is 6.61 Å². The van der Waals surface area contributed by atoms with Crippen LogP contribution in [0.5, 0.6) is 5.75 Å². The minimum atomic E-state index is -1.14. The van der Waals surface area contributed by atoms with Gasteiger partial charge < -0.3 is 15.2 Å². The number of halogens is 1. The molecule has 2 N–H and O–H groups in total. The summed E-state index contributed by atoms with van der Waals surface area (Å²) in [4.78, 5) is 21.6. The Bertz CT molecular complexity index is 404. The summed E-state index contributed by atoms with van der Waals surface area (Å²) in [6, 6.07) is 5.43. The lowest BCUT2D eigenvalue weighted by atomic mass is 10.3. The van der Waals surface area contributed by atoms with Crippen molar-refractivity contribution < 1.29 is 19.4 Å². The molecule has 1 aromatic rings. The van der Waals surface area contributed by atoms with Gasteiger partial charge in [-0.25, -0.2) is 4.79 Å². The number of rotatable bonds is 5. The standard InChI is InChI=1S/C11H12ClNO4/c1-7(14)13-10(11(15)16)6-17-9-4-2-8(12)3-5-9/h2-5,10H,6H2,1H3,(H,13,14)(H,15,16). The van der Waals surface area contributed by atoms with Crippen LogP contribution in [0.2, 0.25) is 5.02 Å². The van der Waals surface area contributed by atoms with Crippen molar-refractivity contribution in [3.63, 3.8) is 0 Å². The Morgan fingerprint density at radius 3 is 2.47 bits per heavy atom. The highest BCUT2D eigenvalue weighted by atomic mass is 35.5. The van der Waals surface area contributed by atoms with Gasteiger partial charge in [-0.05, 0) is 24.3 Å². The first kappa shape index (κ1) is 13.3. The number of carbonyl (C=O) groups is 2. The van der Waals surface area contributed by atoms with Gasteiger partial charge >= 0.3 is 5.97 Å². The summed E-state index contributed by atoms with van der Waals surface area (Å²) in [6.45, 7) is 1.11. The zero-order chi connectivity index (χ0) is 12.8. The van der Waals surface area contributed by atoms with Gasteiger partial charge in [-0.3, -0.25) is 4.79 Å². The van der Waals surface area contributed by atoms with Crippen LogP contribution in [0, 0.1) is 0 Å². The van der Waals surface area contributed by atoms with Gasteiger partial charge in [0.15, 0.2) is 6.04 Å². The normalized spacial score (nSPS) is 11.6. The fourth-order valence-electron chi connectivity index (χ4n) is 1.13. The maximum atomic E-state index is 10.8. The molecule has 0 radical (unpaired) electrons. The van der Waals surface area contributed by atoms with Crippen LogP contribution in [0.1, 0.15) is 6.92 Å². The van der Waals surface area contributed by atoms with E-state index in [1.165, 1.54) is 6.92 Å². The zero-order valence-electron chi connectivity index (χ0n) is 9.14. The van der Waals surface area contributed by atoms with Crippen molar-refractivity contribution >= 4 is 23.5 Å². The molecule has 0 bridgehead atoms. The third-order valence-corrected chi connectivity index (χ3v) is 2.16. The van der Waals surface area contributed by atoms with Crippen LogP contribution >= 0.6 is 11.6 Å². The monoisotopic (exact) mass is 257 g/mol. The maximum Gasteiger partial charge on any atom is 0.329 e. The Kier molecular flexibility index (Phi) is 4.78. The molecule has 1 amide bonds. The molecule has 0 aliphatic rings. The fourth-order valence-corrected chi connectivity index (χ4v) is 1.26. The first-order valence-corrected chi connectivity index (χ1v) is 5.25. The van der Waals surface area contributed by atoms with Crippen LogP contribution in [0.25, 0.3) is 0 Å². The van der Waals surface area contributed by atoms with E-state index in [9.17, 15) is 9.59 Å². The molecule has 0 spiro atoms. The molecule has 1 atom stereocenters. The molecule has 0 fully saturated rings. The van der Waals surface area contributed by atoms with E-state index in [4.69, 9.17) is 21.4 Å². The second-order valence-corrected chi connectivity index (χ2v) is 3.79. The molecule has 5 nitrogen and oxygen atoms in total. The molecule has 0 aliphatic carbocycles. The largest absolute Gasteiger partial charge is 0.491 e. The first-order chi connectivity index (χ1) is 7.99. The van der Waals surface area contributed by atoms with E-state index in [0.29, 0.717) is 10.8 Å². The number of amides is 1. The highest BCUT2D eigenvalue weighted by Gasteiger charge is 2.18. The predicted octanol–water partition coefficient (Wildman–Crippen LogP) is 1.31. The smallest absolute Gasteiger partial charge is 0.329 e. The van der Waals surface area contributed by atoms with Crippen LogP contribution in [0.15, 0.2) is 24.3 Å². The molecule has 92 valence electrons. The molecule has 1 rings (SSSR count). The molecular formula is C11H12ClNO4. The molecule has 0 aliphatic heterocycles. The van der Waals surface area contributed by atoms with Gasteiger partial charge in [-0.2, -0.15) is 0 Å². The Morgan fingerprint density at radius 1 is 1.41 bits per heavy atom. The molecule has 17 heavy (non-hydrogen) atoms. The number of ether oxygens (including phenoxy) is 1. The topological polar surface area (TPSA) is 75.6 Å². The summed E-state index contributed by atoms with van der Waals surface area (Å²) in [5, 5.41) is 11.7. The van der Waals surface area contributed by atoms with E-state index in [1.54, 1.807) is 24.3 Å². The van der Waals surface area contributed by atoms with Crippen molar-refractivity contribution in [2.75, 3.05) is 6.61 Å². The molecule has 6 heteroatoms. The van der Waals surface area contributed by atoms with E-state index in [1.807, 2.05) is 0 Å². The van der Waals surface area contributed by atoms with Crippen LogP contribution in [0.3, 0.4) is 0 Å². The van der Waals surface area contributed by atoms with Gasteiger partial charge in [-0.15, -0.1) is 0 Å². The molecule has 0 saturated heterocycles. The summed E-state index contributed by atoms with van der Waals surface area (Å²) < 4.78 is 5.23. The second kappa shape index (κ2) is 6.10. The number of carboxylic acids is 1. The van der Waals surface area contributed by atoms with Crippen LogP contribution in [-0.4, -0.2) is 29.6 Å². The third kappa shape index (κ3) is 4.74. The van der Waals surface area contributed by atoms with Gasteiger partial charge in [-0.1, -0.05) is 11.6 Å². The molecule has 0 saturated carbocycles. The third-order valence-electron chi connectivity index (χ3n) is 1.91. The quantitative estimate of drug-likeness (QED) is 0.834. The first-order valence-electron chi connectivity index (χ1n) is 4.87. The Morgan fingerprint density at radius 2 is 2.00 bits per heavy atom. The Hall–Kier alpha value is -1.75. The minimum Gasteiger partial charge on any atom is -0.491 e. The molecule has 0 heterocycles. The summed E-state index contributed by atoms with van der Waals surface area (Å²) in [7, 11) is 0. The SMILES string of the molecule is CC(=O)NC(COc1ccc(Cl)cc1)C(=O)O. The molecule has 0 aromatic heterocycles. The van der Waals surface area contributed by atoms with E-state index >= 15 is 0 Å². The summed E-state index contributed by atoms with van der Waals surface area (Å²) in [6.07, 6.45) is 0. The highest BCUT2D eigenvalue weighted by Crippen LogP contribution is 2.15. The lowest BCUT2D eigenvalue weighted by Crippen LogP contribution is -2.43. The van der Waals surface area contributed by atoms with Crippen molar-refractivity contribution in [1.29, 1.82) is 0 Å². The molecule has 1 aromatic carbocycles.